The highest BCUT2D eigenvalue weighted by atomic mass is 79.9. The lowest BCUT2D eigenvalue weighted by Gasteiger charge is -1.86. The lowest BCUT2D eigenvalue weighted by atomic mass is 10.2. The van der Waals surface area contributed by atoms with Crippen molar-refractivity contribution in [2.75, 3.05) is 0 Å². The molecule has 54 valence electrons. The molecule has 3 heteroatoms. The van der Waals surface area contributed by atoms with Crippen LogP contribution in [-0.2, 0) is 0 Å². The van der Waals surface area contributed by atoms with E-state index in [0.29, 0.717) is 0 Å². The summed E-state index contributed by atoms with van der Waals surface area (Å²) in [7, 11) is 0. The predicted molar refractivity (Wildman–Crippen MR) is 43.4 cm³/mol. The van der Waals surface area contributed by atoms with Crippen LogP contribution in [-0.4, -0.2) is 11.3 Å². The quantitative estimate of drug-likeness (QED) is 0.695. The van der Waals surface area contributed by atoms with Gasteiger partial charge in [-0.15, -0.1) is 0 Å². The van der Waals surface area contributed by atoms with Gasteiger partial charge in [-0.3, -0.25) is 4.79 Å². The molecule has 0 saturated heterocycles. The van der Waals surface area contributed by atoms with E-state index in [9.17, 15) is 4.79 Å². The molecule has 0 aliphatic heterocycles. The molecule has 0 aliphatic rings. The van der Waals surface area contributed by atoms with E-state index in [0.717, 1.165) is 27.7 Å². The minimum Gasteiger partial charge on any atom is -0.353 e. The molecule has 2 nitrogen and oxygen atoms in total. The summed E-state index contributed by atoms with van der Waals surface area (Å²) in [4.78, 5) is 13.4. The van der Waals surface area contributed by atoms with Gasteiger partial charge in [0.25, 0.3) is 0 Å². The maximum absolute atomic E-state index is 10.4. The Morgan fingerprint density at radius 1 is 1.50 bits per heavy atom. The van der Waals surface area contributed by atoms with Crippen LogP contribution in [0.5, 0.6) is 0 Å². The van der Waals surface area contributed by atoms with Gasteiger partial charge in [0.05, 0.1) is 4.60 Å². The molecule has 0 aromatic carbocycles. The predicted octanol–water partition coefficient (Wildman–Crippen LogP) is 2.21. The van der Waals surface area contributed by atoms with E-state index in [2.05, 4.69) is 20.9 Å². The van der Waals surface area contributed by atoms with Crippen molar-refractivity contribution < 1.29 is 4.79 Å². The first-order valence-corrected chi connectivity index (χ1v) is 3.76. The fraction of sp³-hybridized carbons (Fsp3) is 0.286. The maximum Gasteiger partial charge on any atom is 0.153 e. The molecule has 1 aromatic rings. The molecule has 10 heavy (non-hydrogen) atoms. The lowest BCUT2D eigenvalue weighted by molar-refractivity contribution is 0.112. The summed E-state index contributed by atoms with van der Waals surface area (Å²) in [5.74, 6) is 0. The Morgan fingerprint density at radius 2 is 2.10 bits per heavy atom. The highest BCUT2D eigenvalue weighted by molar-refractivity contribution is 9.10. The van der Waals surface area contributed by atoms with Crippen molar-refractivity contribution in [2.45, 2.75) is 13.8 Å². The molecule has 0 amide bonds. The second-order valence-corrected chi connectivity index (χ2v) is 3.01. The van der Waals surface area contributed by atoms with Crippen LogP contribution < -0.4 is 0 Å². The van der Waals surface area contributed by atoms with Gasteiger partial charge in [-0.05, 0) is 35.3 Å². The molecule has 0 atom stereocenters. The van der Waals surface area contributed by atoms with Crippen molar-refractivity contribution in [2.24, 2.45) is 0 Å². The van der Waals surface area contributed by atoms with Crippen LogP contribution >= 0.6 is 15.9 Å². The van der Waals surface area contributed by atoms with Crippen molar-refractivity contribution in [3.05, 3.63) is 21.4 Å². The molecular weight excluding hydrogens is 194 g/mol. The largest absolute Gasteiger partial charge is 0.353 e. The van der Waals surface area contributed by atoms with Crippen molar-refractivity contribution >= 4 is 22.2 Å². The van der Waals surface area contributed by atoms with E-state index in [-0.39, 0.29) is 0 Å². The molecule has 1 N–H and O–H groups in total. The van der Waals surface area contributed by atoms with Gasteiger partial charge in [0.1, 0.15) is 0 Å². The van der Waals surface area contributed by atoms with Crippen molar-refractivity contribution in [3.63, 3.8) is 0 Å². The fourth-order valence-electron chi connectivity index (χ4n) is 0.832. The summed E-state index contributed by atoms with van der Waals surface area (Å²) < 4.78 is 0.775. The number of aromatic amines is 1. The topological polar surface area (TPSA) is 32.9 Å². The van der Waals surface area contributed by atoms with E-state index >= 15 is 0 Å². The Kier molecular flexibility index (Phi) is 1.94. The summed E-state index contributed by atoms with van der Waals surface area (Å²) in [6, 6.07) is 0. The van der Waals surface area contributed by atoms with Crippen LogP contribution in [0, 0.1) is 13.8 Å². The molecule has 0 radical (unpaired) electrons. The smallest absolute Gasteiger partial charge is 0.153 e. The first kappa shape index (κ1) is 7.54. The summed E-state index contributed by atoms with van der Waals surface area (Å²) >= 11 is 3.24. The molecule has 0 saturated carbocycles. The molecule has 1 rings (SSSR count). The monoisotopic (exact) mass is 201 g/mol. The highest BCUT2D eigenvalue weighted by Gasteiger charge is 2.06. The average Bonchev–Trinajstić information content (AvgIpc) is 2.09. The average molecular weight is 202 g/mol. The second-order valence-electron chi connectivity index (χ2n) is 2.22. The van der Waals surface area contributed by atoms with E-state index < -0.39 is 0 Å². The van der Waals surface area contributed by atoms with Gasteiger partial charge in [-0.25, -0.2) is 0 Å². The Bertz CT molecular complexity index is 265. The second kappa shape index (κ2) is 2.58. The zero-order valence-electron chi connectivity index (χ0n) is 5.86. The van der Waals surface area contributed by atoms with Gasteiger partial charge >= 0.3 is 0 Å². The van der Waals surface area contributed by atoms with Gasteiger partial charge in [0, 0.05) is 11.3 Å². The van der Waals surface area contributed by atoms with Gasteiger partial charge in [-0.1, -0.05) is 0 Å². The summed E-state index contributed by atoms with van der Waals surface area (Å²) in [6.45, 7) is 3.85. The number of carbonyl (C=O) groups excluding carboxylic acids is 1. The van der Waals surface area contributed by atoms with Crippen LogP contribution in [0.15, 0.2) is 4.60 Å². The Balaban J connectivity index is 3.33. The van der Waals surface area contributed by atoms with Gasteiger partial charge in [0.2, 0.25) is 0 Å². The molecule has 1 heterocycles. The summed E-state index contributed by atoms with van der Waals surface area (Å²) in [5.41, 5.74) is 2.77. The fourth-order valence-corrected chi connectivity index (χ4v) is 1.52. The number of aromatic nitrogens is 1. The lowest BCUT2D eigenvalue weighted by Crippen LogP contribution is -1.79. The van der Waals surface area contributed by atoms with Gasteiger partial charge < -0.3 is 4.98 Å². The Labute approximate surface area is 67.8 Å². The molecular formula is C7H8BrNO. The van der Waals surface area contributed by atoms with Crippen LogP contribution in [0.2, 0.25) is 0 Å². The van der Waals surface area contributed by atoms with Crippen LogP contribution in [0.4, 0.5) is 0 Å². The molecule has 0 spiro atoms. The van der Waals surface area contributed by atoms with Crippen LogP contribution in [0.25, 0.3) is 0 Å². The van der Waals surface area contributed by atoms with E-state index in [1.165, 1.54) is 0 Å². The number of hydrogen-bond acceptors (Lipinski definition) is 1. The van der Waals surface area contributed by atoms with Crippen LogP contribution in [0.3, 0.4) is 0 Å². The first-order chi connectivity index (χ1) is 4.66. The zero-order chi connectivity index (χ0) is 7.72. The van der Waals surface area contributed by atoms with Crippen LogP contribution in [0.1, 0.15) is 21.6 Å². The Hall–Kier alpha value is -0.570. The number of nitrogens with one attached hydrogen (secondary N) is 1. The normalized spacial score (nSPS) is 9.90. The minimum absolute atomic E-state index is 0.720. The number of rotatable bonds is 1. The third kappa shape index (κ3) is 1.01. The number of carbonyl (C=O) groups is 1. The highest BCUT2D eigenvalue weighted by Crippen LogP contribution is 2.19. The number of aryl methyl sites for hydroxylation is 1. The zero-order valence-corrected chi connectivity index (χ0v) is 7.45. The van der Waals surface area contributed by atoms with Crippen molar-refractivity contribution in [1.29, 1.82) is 0 Å². The number of halogens is 1. The molecule has 0 bridgehead atoms. The van der Waals surface area contributed by atoms with Crippen molar-refractivity contribution in [3.8, 4) is 0 Å². The maximum atomic E-state index is 10.4. The first-order valence-electron chi connectivity index (χ1n) is 2.96. The minimum atomic E-state index is 0.720. The number of hydrogen-bond donors (Lipinski definition) is 1. The number of H-pyrrole nitrogens is 1. The number of aldehydes is 1. The van der Waals surface area contributed by atoms with E-state index in [1.807, 2.05) is 13.8 Å². The summed E-state index contributed by atoms with van der Waals surface area (Å²) in [5, 5.41) is 0. The third-order valence-corrected chi connectivity index (χ3v) is 2.24. The van der Waals surface area contributed by atoms with Gasteiger partial charge in [0.15, 0.2) is 6.29 Å². The summed E-state index contributed by atoms with van der Waals surface area (Å²) in [6.07, 6.45) is 0.850. The third-order valence-electron chi connectivity index (χ3n) is 1.62. The molecule has 0 aliphatic carbocycles. The molecule has 0 fully saturated rings. The SMILES string of the molecule is Cc1[nH]c(Br)c(C=O)c1C. The van der Waals surface area contributed by atoms with E-state index in [1.54, 1.807) is 0 Å². The van der Waals surface area contributed by atoms with E-state index in [4.69, 9.17) is 0 Å². The Morgan fingerprint density at radius 3 is 2.30 bits per heavy atom. The van der Waals surface area contributed by atoms with Gasteiger partial charge in [-0.2, -0.15) is 0 Å². The van der Waals surface area contributed by atoms with Crippen molar-refractivity contribution in [1.82, 2.24) is 4.98 Å². The molecule has 1 aromatic heterocycles. The molecule has 0 unspecified atom stereocenters. The standard InChI is InChI=1S/C7H8BrNO/c1-4-5(2)9-7(8)6(4)3-10/h3,9H,1-2H3.